The van der Waals surface area contributed by atoms with Crippen molar-refractivity contribution in [3.05, 3.63) is 71.2 Å². The molecule has 21 atom stereocenters. The number of carboxylic acids is 1. The summed E-state index contributed by atoms with van der Waals surface area (Å²) in [5.41, 5.74) is 3.17. The van der Waals surface area contributed by atoms with Gasteiger partial charge >= 0.3 is 11.9 Å². The van der Waals surface area contributed by atoms with Gasteiger partial charge in [0.05, 0.1) is 48.3 Å². The van der Waals surface area contributed by atoms with Gasteiger partial charge in [-0.25, -0.2) is 9.59 Å². The molecule has 19 heteroatoms. The maximum absolute atomic E-state index is 15.1. The minimum absolute atomic E-state index is 0.0497. The van der Waals surface area contributed by atoms with Gasteiger partial charge in [0.2, 0.25) is 0 Å². The number of amides is 1. The summed E-state index contributed by atoms with van der Waals surface area (Å²) < 4.78 is 45.0. The fourth-order valence-electron chi connectivity index (χ4n) is 15.5. The number of aliphatic carboxylic acids is 1. The molecule has 6 heterocycles. The smallest absolute Gasteiger partial charge is 0.355 e. The summed E-state index contributed by atoms with van der Waals surface area (Å²) in [4.78, 5) is 61.9. The molecule has 79 heavy (non-hydrogen) atoms. The van der Waals surface area contributed by atoms with Gasteiger partial charge in [-0.3, -0.25) is 9.59 Å². The van der Waals surface area contributed by atoms with Crippen LogP contribution in [0.5, 0.6) is 0 Å². The van der Waals surface area contributed by atoms with E-state index in [1.807, 2.05) is 58.0 Å². The quantitative estimate of drug-likeness (QED) is 0.0562. The third kappa shape index (κ3) is 9.59. The Hall–Kier alpha value is -4.96. The molecule has 5 fully saturated rings. The molecule has 4 aliphatic heterocycles. The molecule has 8 aliphatic rings. The summed E-state index contributed by atoms with van der Waals surface area (Å²) in [6.45, 7) is 14.7. The second-order valence-electron chi connectivity index (χ2n) is 25.2. The number of H-pyrrole nitrogens is 2. The number of allylic oxidation sites excluding steroid dienone is 2. The number of esters is 1. The number of fused-ring (bicyclic) bond motifs is 7. The third-order valence-electron chi connectivity index (χ3n) is 20.1. The number of ether oxygens (including phenoxy) is 7. The normalized spacial score (nSPS) is 43.6. The molecule has 4 aliphatic carbocycles. The highest BCUT2D eigenvalue weighted by atomic mass is 16.7. The number of rotatable bonds is 10. The Morgan fingerprint density at radius 3 is 2.29 bits per heavy atom. The van der Waals surface area contributed by atoms with Crippen molar-refractivity contribution in [2.45, 2.75) is 211 Å². The molecular formula is C60H80N4O15. The number of ketones is 1. The summed E-state index contributed by atoms with van der Waals surface area (Å²) in [5.74, 6) is -4.93. The Morgan fingerprint density at radius 2 is 1.56 bits per heavy atom. The van der Waals surface area contributed by atoms with Gasteiger partial charge in [-0.05, 0) is 102 Å². The average Bonchev–Trinajstić information content (AvgIpc) is 4.21. The van der Waals surface area contributed by atoms with Gasteiger partial charge in [-0.1, -0.05) is 77.0 Å². The number of aromatic amines is 2. The molecule has 0 radical (unpaired) electrons. The standard InChI is InChI=1S/C60H80N4O15/c1-9-32-25-57(6)26-37(55(69)70)28(2)24-60(57)51(67)48(54(68)64-60)50(66)59(8)33(21-41(32)65)17-18-35-38(59)14-12-16-43(35)77-45-20-19-42(29(3)73-45)76-47-27-58(7,72)52(31(5)75-47)79-46-23-44(49(61)30(4)74-46)78-56(71)40-22-36-34-13-10-11-15-39(34)62-53(36)63-40/h10-11,13,15,17-18,22,26,28-33,35,38,41-47,49,52,62-63,65-66,72H,9,12,14,16,19-21,23-25,27,61H2,1-8H3,(H,64,68)(H,69,70). The van der Waals surface area contributed by atoms with Crippen LogP contribution in [0.4, 0.5) is 0 Å². The number of aromatic nitrogens is 2. The Kier molecular flexibility index (Phi) is 14.7. The summed E-state index contributed by atoms with van der Waals surface area (Å²) in [5, 5.41) is 52.0. The number of benzene rings is 1. The molecule has 11 rings (SSSR count). The number of hydrogen-bond donors (Lipinski definition) is 8. The van der Waals surface area contributed by atoms with E-state index in [0.717, 1.165) is 22.7 Å². The van der Waals surface area contributed by atoms with Gasteiger partial charge in [0.1, 0.15) is 40.4 Å². The molecule has 19 nitrogen and oxygen atoms in total. The molecule has 21 unspecified atom stereocenters. The van der Waals surface area contributed by atoms with Crippen molar-refractivity contribution in [3.63, 3.8) is 0 Å². The molecule has 430 valence electrons. The second kappa shape index (κ2) is 20.8. The van der Waals surface area contributed by atoms with Crippen LogP contribution in [0.2, 0.25) is 0 Å². The number of carbonyl (C=O) groups excluding carboxylic acids is 3. The highest BCUT2D eigenvalue weighted by Gasteiger charge is 2.66. The SMILES string of the molecule is CCC1CC2(C)C=C(C(=O)O)C(C)CC23NC(=O)C(=C(O)C2(C)C(C=CC4C(OC5CCC(OC6CC(C)(O)C(OC7CC(OC(=O)c8cc9c([nH]8)[nH]c8ccccc89)C(N)C(C)O7)C(C)O6)C(C)O5)CCCC42)CC1O)C3=O. The van der Waals surface area contributed by atoms with E-state index in [4.69, 9.17) is 38.9 Å². The number of carboxylic acid groups (broad SMARTS) is 1. The third-order valence-corrected chi connectivity index (χ3v) is 20.1. The van der Waals surface area contributed by atoms with Gasteiger partial charge in [0.15, 0.2) is 24.7 Å². The Labute approximate surface area is 460 Å². The van der Waals surface area contributed by atoms with Crippen molar-refractivity contribution in [2.75, 3.05) is 0 Å². The Balaban J connectivity index is 0.729. The first-order valence-electron chi connectivity index (χ1n) is 28.8. The summed E-state index contributed by atoms with van der Waals surface area (Å²) in [6, 6.07) is 8.98. The lowest BCUT2D eigenvalue weighted by atomic mass is 9.53. The van der Waals surface area contributed by atoms with Crippen LogP contribution in [0, 0.1) is 40.4 Å². The van der Waals surface area contributed by atoms with Crippen LogP contribution in [0.15, 0.2) is 65.5 Å². The van der Waals surface area contributed by atoms with Crippen molar-refractivity contribution < 1.29 is 72.8 Å². The molecule has 9 N–H and O–H groups in total. The lowest BCUT2D eigenvalue weighted by molar-refractivity contribution is -0.339. The van der Waals surface area contributed by atoms with Crippen molar-refractivity contribution in [2.24, 2.45) is 46.2 Å². The Morgan fingerprint density at radius 1 is 0.823 bits per heavy atom. The Bertz CT molecular complexity index is 2960. The van der Waals surface area contributed by atoms with E-state index < -0.39 is 125 Å². The predicted octanol–water partition coefficient (Wildman–Crippen LogP) is 7.30. The topological polar surface area (TPSA) is 283 Å². The first-order valence-corrected chi connectivity index (χ1v) is 28.8. The largest absolute Gasteiger partial charge is 0.511 e. The van der Waals surface area contributed by atoms with Crippen molar-refractivity contribution in [1.82, 2.24) is 15.3 Å². The van der Waals surface area contributed by atoms with Gasteiger partial charge in [0, 0.05) is 57.9 Å². The fraction of sp³-hybridized carbons (Fsp3) is 0.667. The maximum Gasteiger partial charge on any atom is 0.355 e. The van der Waals surface area contributed by atoms with E-state index in [2.05, 4.69) is 21.4 Å². The van der Waals surface area contributed by atoms with E-state index in [-0.39, 0.29) is 72.9 Å². The van der Waals surface area contributed by atoms with Crippen LogP contribution in [-0.4, -0.2) is 139 Å². The first kappa shape index (κ1) is 55.9. The molecule has 2 bridgehead atoms. The van der Waals surface area contributed by atoms with E-state index in [0.29, 0.717) is 43.4 Å². The minimum atomic E-state index is -1.51. The number of para-hydroxylation sites is 1. The zero-order valence-corrected chi connectivity index (χ0v) is 46.6. The lowest BCUT2D eigenvalue weighted by Crippen LogP contribution is -2.61. The molecule has 1 spiro atoms. The van der Waals surface area contributed by atoms with Crippen molar-refractivity contribution in [3.8, 4) is 0 Å². The van der Waals surface area contributed by atoms with Crippen LogP contribution in [-0.2, 0) is 47.5 Å². The first-order chi connectivity index (χ1) is 37.4. The highest BCUT2D eigenvalue weighted by molar-refractivity contribution is 6.29. The molecule has 4 saturated heterocycles. The monoisotopic (exact) mass is 1100 g/mol. The van der Waals surface area contributed by atoms with E-state index in [1.165, 1.54) is 0 Å². The minimum Gasteiger partial charge on any atom is -0.511 e. The van der Waals surface area contributed by atoms with Crippen LogP contribution >= 0.6 is 0 Å². The molecule has 1 amide bonds. The highest BCUT2D eigenvalue weighted by Crippen LogP contribution is 2.60. The van der Waals surface area contributed by atoms with Gasteiger partial charge in [-0.15, -0.1) is 0 Å². The lowest BCUT2D eigenvalue weighted by Gasteiger charge is -2.53. The average molecular weight is 1100 g/mol. The second-order valence-corrected chi connectivity index (χ2v) is 25.2. The number of hydrogen-bond acceptors (Lipinski definition) is 15. The van der Waals surface area contributed by atoms with E-state index in [1.54, 1.807) is 39.8 Å². The van der Waals surface area contributed by atoms with Crippen LogP contribution < -0.4 is 11.1 Å². The zero-order chi connectivity index (χ0) is 56.2. The van der Waals surface area contributed by atoms with Gasteiger partial charge < -0.3 is 74.6 Å². The van der Waals surface area contributed by atoms with Gasteiger partial charge in [0.25, 0.3) is 5.91 Å². The van der Waals surface area contributed by atoms with E-state index >= 15 is 4.79 Å². The number of nitrogens with two attached hydrogens (primary N) is 1. The van der Waals surface area contributed by atoms with Crippen LogP contribution in [0.3, 0.4) is 0 Å². The molecule has 2 aromatic heterocycles. The molecule has 1 saturated carbocycles. The number of carbonyl (C=O) groups is 4. The van der Waals surface area contributed by atoms with Gasteiger partial charge in [-0.2, -0.15) is 0 Å². The van der Waals surface area contributed by atoms with Crippen LogP contribution in [0.25, 0.3) is 21.9 Å². The number of Topliss-reactive ketones (excluding diaryl/α,β-unsaturated/α-hetero) is 1. The predicted molar refractivity (Wildman–Crippen MR) is 288 cm³/mol. The maximum atomic E-state index is 15.1. The summed E-state index contributed by atoms with van der Waals surface area (Å²) in [7, 11) is 0. The zero-order valence-electron chi connectivity index (χ0n) is 46.6. The number of nitrogens with one attached hydrogen (secondary N) is 3. The number of aliphatic hydroxyl groups excluding tert-OH is 2. The molecule has 1 aromatic carbocycles. The number of aliphatic hydroxyl groups is 3. The van der Waals surface area contributed by atoms with Crippen molar-refractivity contribution >= 4 is 45.6 Å². The van der Waals surface area contributed by atoms with E-state index in [9.17, 15) is 34.8 Å². The summed E-state index contributed by atoms with van der Waals surface area (Å²) >= 11 is 0. The summed E-state index contributed by atoms with van der Waals surface area (Å²) in [6.07, 6.45) is 3.43. The fourth-order valence-corrected chi connectivity index (χ4v) is 15.5. The van der Waals surface area contributed by atoms with Crippen molar-refractivity contribution in [1.29, 1.82) is 0 Å². The molecular weight excluding hydrogens is 1020 g/mol. The van der Waals surface area contributed by atoms with Crippen LogP contribution in [0.1, 0.15) is 137 Å². The molecule has 3 aromatic rings.